The van der Waals surface area contributed by atoms with Crippen LogP contribution in [0.1, 0.15) is 13.3 Å². The van der Waals surface area contributed by atoms with Gasteiger partial charge in [-0.25, -0.2) is 8.78 Å². The molecule has 7 nitrogen and oxygen atoms in total. The molecule has 1 saturated heterocycles. The fraction of sp³-hybridized carbons (Fsp3) is 0.400. The normalized spacial score (nSPS) is 15.3. The highest BCUT2D eigenvalue weighted by Crippen LogP contribution is 2.37. The average Bonchev–Trinajstić information content (AvgIpc) is 2.87. The molecule has 0 amide bonds. The predicted molar refractivity (Wildman–Crippen MR) is 95.0 cm³/mol. The summed E-state index contributed by atoms with van der Waals surface area (Å²) in [5, 5.41) is 27.6. The molecule has 0 radical (unpaired) electrons. The number of carbonyl (C=O) groups is 1. The summed E-state index contributed by atoms with van der Waals surface area (Å²) in [5.41, 5.74) is -4.05. The fourth-order valence-electron chi connectivity index (χ4n) is 2.04. The SMILES string of the molecule is CC(=O)O.N=C(NC(=N)N1CCC(F)(F)C1)Nc1ccc(SC(F)(F)F)cc1. The molecular weight excluding hydrogens is 409 g/mol. The Bertz CT molecular complexity index is 708. The van der Waals surface area contributed by atoms with Crippen LogP contribution in [0.5, 0.6) is 0 Å². The van der Waals surface area contributed by atoms with Crippen molar-refractivity contribution in [1.29, 1.82) is 10.8 Å². The number of hydrogen-bond acceptors (Lipinski definition) is 4. The number of anilines is 1. The lowest BCUT2D eigenvalue weighted by atomic mass is 10.3. The Hall–Kier alpha value is -2.57. The van der Waals surface area contributed by atoms with E-state index in [2.05, 4.69) is 10.6 Å². The van der Waals surface area contributed by atoms with Crippen LogP contribution in [0.3, 0.4) is 0 Å². The first-order chi connectivity index (χ1) is 12.8. The molecule has 13 heteroatoms. The Morgan fingerprint density at radius 1 is 1.25 bits per heavy atom. The third-order valence-electron chi connectivity index (χ3n) is 3.09. The Balaban J connectivity index is 0.000000892. The van der Waals surface area contributed by atoms with Crippen LogP contribution in [0.2, 0.25) is 0 Å². The smallest absolute Gasteiger partial charge is 0.446 e. The third-order valence-corrected chi connectivity index (χ3v) is 3.83. The molecule has 5 N–H and O–H groups in total. The molecule has 1 aromatic carbocycles. The number of halogens is 5. The number of alkyl halides is 5. The number of benzene rings is 1. The number of hydrogen-bond donors (Lipinski definition) is 5. The number of carboxylic acids is 1. The highest BCUT2D eigenvalue weighted by Gasteiger charge is 2.39. The number of carboxylic acid groups (broad SMARTS) is 1. The van der Waals surface area contributed by atoms with E-state index in [-0.39, 0.29) is 41.5 Å². The van der Waals surface area contributed by atoms with Gasteiger partial charge in [0, 0.05) is 30.5 Å². The van der Waals surface area contributed by atoms with E-state index in [0.29, 0.717) is 5.69 Å². The maximum absolute atomic E-state index is 13.1. The van der Waals surface area contributed by atoms with Crippen LogP contribution >= 0.6 is 11.8 Å². The molecule has 156 valence electrons. The Labute approximate surface area is 161 Å². The molecule has 0 aromatic heterocycles. The molecule has 2 rings (SSSR count). The highest BCUT2D eigenvalue weighted by atomic mass is 32.2. The summed E-state index contributed by atoms with van der Waals surface area (Å²) in [6.45, 7) is 0.505. The number of thioether (sulfide) groups is 1. The maximum Gasteiger partial charge on any atom is 0.446 e. The van der Waals surface area contributed by atoms with Gasteiger partial charge in [-0.1, -0.05) is 0 Å². The van der Waals surface area contributed by atoms with E-state index in [0.717, 1.165) is 11.8 Å². The first kappa shape index (κ1) is 23.5. The van der Waals surface area contributed by atoms with Crippen molar-refractivity contribution in [3.63, 3.8) is 0 Å². The summed E-state index contributed by atoms with van der Waals surface area (Å²) >= 11 is -0.253. The zero-order chi connectivity index (χ0) is 21.5. The van der Waals surface area contributed by atoms with Gasteiger partial charge in [-0.15, -0.1) is 0 Å². The van der Waals surface area contributed by atoms with Crippen LogP contribution < -0.4 is 10.6 Å². The largest absolute Gasteiger partial charge is 0.481 e. The zero-order valence-corrected chi connectivity index (χ0v) is 15.3. The topological polar surface area (TPSA) is 112 Å². The molecule has 0 unspecified atom stereocenters. The van der Waals surface area contributed by atoms with Crippen LogP contribution in [0.4, 0.5) is 27.6 Å². The van der Waals surface area contributed by atoms with Gasteiger partial charge in [0.05, 0.1) is 6.54 Å². The van der Waals surface area contributed by atoms with E-state index in [1.165, 1.54) is 24.3 Å². The third kappa shape index (κ3) is 9.39. The average molecular weight is 427 g/mol. The van der Waals surface area contributed by atoms with Crippen molar-refractivity contribution >= 4 is 35.3 Å². The van der Waals surface area contributed by atoms with Crippen molar-refractivity contribution in [3.8, 4) is 0 Å². The van der Waals surface area contributed by atoms with Crippen molar-refractivity contribution in [1.82, 2.24) is 10.2 Å². The minimum absolute atomic E-state index is 0.000388. The van der Waals surface area contributed by atoms with Gasteiger partial charge >= 0.3 is 5.51 Å². The quantitative estimate of drug-likeness (QED) is 0.213. The predicted octanol–water partition coefficient (Wildman–Crippen LogP) is 3.60. The molecule has 0 spiro atoms. The fourth-order valence-corrected chi connectivity index (χ4v) is 2.58. The van der Waals surface area contributed by atoms with E-state index >= 15 is 0 Å². The molecule has 1 aliphatic rings. The van der Waals surface area contributed by atoms with Crippen LogP contribution in [-0.4, -0.2) is 52.4 Å². The maximum atomic E-state index is 13.1. The molecule has 1 aliphatic heterocycles. The first-order valence-electron chi connectivity index (χ1n) is 7.67. The summed E-state index contributed by atoms with van der Waals surface area (Å²) in [5.74, 6) is -4.37. The minimum Gasteiger partial charge on any atom is -0.481 e. The summed E-state index contributed by atoms with van der Waals surface area (Å²) in [7, 11) is 0. The van der Waals surface area contributed by atoms with E-state index < -0.39 is 23.9 Å². The first-order valence-corrected chi connectivity index (χ1v) is 8.48. The molecular formula is C15H18F5N5O2S. The lowest BCUT2D eigenvalue weighted by Gasteiger charge is -2.20. The van der Waals surface area contributed by atoms with Crippen molar-refractivity contribution in [3.05, 3.63) is 24.3 Å². The monoisotopic (exact) mass is 427 g/mol. The Morgan fingerprint density at radius 3 is 2.21 bits per heavy atom. The molecule has 1 aromatic rings. The van der Waals surface area contributed by atoms with Gasteiger partial charge in [-0.05, 0) is 36.0 Å². The summed E-state index contributed by atoms with van der Waals surface area (Å²) < 4.78 is 62.8. The van der Waals surface area contributed by atoms with Crippen molar-refractivity contribution < 1.29 is 31.9 Å². The van der Waals surface area contributed by atoms with E-state index in [1.807, 2.05) is 0 Å². The lowest BCUT2D eigenvalue weighted by molar-refractivity contribution is -0.134. The standard InChI is InChI=1S/C13H14F5N5S.C2H4O2/c14-12(15)5-6-23(7-12)11(20)22-10(19)21-8-1-3-9(4-2-8)24-13(16,17)18;1-2(3)4/h1-4H,5-7H2,(H4,19,20,21,22);1H3,(H,3,4). The van der Waals surface area contributed by atoms with Crippen LogP contribution in [0.25, 0.3) is 0 Å². The van der Waals surface area contributed by atoms with Gasteiger partial charge in [0.25, 0.3) is 11.9 Å². The van der Waals surface area contributed by atoms with Gasteiger partial charge < -0.3 is 15.3 Å². The highest BCUT2D eigenvalue weighted by molar-refractivity contribution is 8.00. The molecule has 0 saturated carbocycles. The second-order valence-corrected chi connectivity index (χ2v) is 6.73. The van der Waals surface area contributed by atoms with Crippen molar-refractivity contribution in [2.75, 3.05) is 18.4 Å². The van der Waals surface area contributed by atoms with Crippen LogP contribution in [0, 0.1) is 10.8 Å². The van der Waals surface area contributed by atoms with Gasteiger partial charge in [0.1, 0.15) is 0 Å². The number of aliphatic carboxylic acids is 1. The number of nitrogens with one attached hydrogen (secondary N) is 4. The molecule has 0 aliphatic carbocycles. The molecule has 0 atom stereocenters. The van der Waals surface area contributed by atoms with E-state index in [9.17, 15) is 22.0 Å². The van der Waals surface area contributed by atoms with Gasteiger partial charge in [-0.3, -0.25) is 20.9 Å². The Morgan fingerprint density at radius 2 is 1.79 bits per heavy atom. The zero-order valence-electron chi connectivity index (χ0n) is 14.5. The van der Waals surface area contributed by atoms with Crippen LogP contribution in [0.15, 0.2) is 29.2 Å². The van der Waals surface area contributed by atoms with Crippen LogP contribution in [-0.2, 0) is 4.79 Å². The Kier molecular flexibility index (Phi) is 8.02. The van der Waals surface area contributed by atoms with Gasteiger partial charge in [0.15, 0.2) is 11.9 Å². The van der Waals surface area contributed by atoms with Crippen molar-refractivity contribution in [2.45, 2.75) is 29.7 Å². The molecule has 1 fully saturated rings. The number of rotatable bonds is 2. The number of likely N-dealkylation sites (tertiary alicyclic amines) is 1. The van der Waals surface area contributed by atoms with Crippen molar-refractivity contribution in [2.24, 2.45) is 0 Å². The second kappa shape index (κ2) is 9.57. The molecule has 0 bridgehead atoms. The molecule has 1 heterocycles. The summed E-state index contributed by atoms with van der Waals surface area (Å²) in [6.07, 6.45) is -0.351. The van der Waals surface area contributed by atoms with E-state index in [1.54, 1.807) is 0 Å². The molecule has 28 heavy (non-hydrogen) atoms. The second-order valence-electron chi connectivity index (χ2n) is 5.59. The van der Waals surface area contributed by atoms with E-state index in [4.69, 9.17) is 20.7 Å². The number of nitrogens with zero attached hydrogens (tertiary/aromatic N) is 1. The lowest BCUT2D eigenvalue weighted by Crippen LogP contribution is -2.45. The van der Waals surface area contributed by atoms with Gasteiger partial charge in [0.2, 0.25) is 0 Å². The number of guanidine groups is 2. The van der Waals surface area contributed by atoms with Gasteiger partial charge in [-0.2, -0.15) is 13.2 Å². The summed E-state index contributed by atoms with van der Waals surface area (Å²) in [4.78, 5) is 10.1. The minimum atomic E-state index is -4.38. The summed E-state index contributed by atoms with van der Waals surface area (Å²) in [6, 6.07) is 5.16.